The smallest absolute Gasteiger partial charge is 0.207 e. The molecule has 0 radical (unpaired) electrons. The zero-order valence-corrected chi connectivity index (χ0v) is 25.5. The number of alkyl halides is 3. The Labute approximate surface area is 275 Å². The summed E-state index contributed by atoms with van der Waals surface area (Å²) in [6.07, 6.45) is -4.47. The minimum atomic E-state index is -4.47. The standard InChI is InChI=1S/C43H22F6/c44-27-13-7-24(8-14-27)39-30-3-1-2-4-31(30)41(34-18-15-28(45)21-36(34)39)32-19-20-35-38(46)22-37-29(23-5-11-26(12-6-23)43(47,48)49)16-9-25-10-17-33(32)42(35)40(25)37/h1-22H. The number of halogens is 6. The highest BCUT2D eigenvalue weighted by atomic mass is 19.4. The van der Waals surface area contributed by atoms with Gasteiger partial charge in [-0.15, -0.1) is 0 Å². The van der Waals surface area contributed by atoms with E-state index in [-0.39, 0.29) is 5.82 Å². The van der Waals surface area contributed by atoms with Crippen molar-refractivity contribution in [1.29, 1.82) is 0 Å². The van der Waals surface area contributed by atoms with Crippen molar-refractivity contribution in [3.05, 3.63) is 156 Å². The van der Waals surface area contributed by atoms with Gasteiger partial charge in [0.05, 0.1) is 5.56 Å². The van der Waals surface area contributed by atoms with Gasteiger partial charge >= 0.3 is 6.18 Å². The normalized spacial score (nSPS) is 12.3. The Kier molecular flexibility index (Phi) is 6.31. The van der Waals surface area contributed by atoms with Gasteiger partial charge in [0, 0.05) is 10.8 Å². The van der Waals surface area contributed by atoms with E-state index in [4.69, 9.17) is 0 Å². The lowest BCUT2D eigenvalue weighted by molar-refractivity contribution is -0.137. The fourth-order valence-corrected chi connectivity index (χ4v) is 7.52. The molecule has 0 aromatic heterocycles. The summed E-state index contributed by atoms with van der Waals surface area (Å²) in [7, 11) is 0. The first-order valence-corrected chi connectivity index (χ1v) is 15.7. The van der Waals surface area contributed by atoms with Crippen molar-refractivity contribution in [3.63, 3.8) is 0 Å². The number of fused-ring (bicyclic) bond motifs is 2. The van der Waals surface area contributed by atoms with Crippen LogP contribution in [0.3, 0.4) is 0 Å². The maximum atomic E-state index is 16.1. The summed E-state index contributed by atoms with van der Waals surface area (Å²) in [5.41, 5.74) is 3.59. The quantitative estimate of drug-likeness (QED) is 0.101. The van der Waals surface area contributed by atoms with E-state index >= 15 is 8.78 Å². The fraction of sp³-hybridized carbons (Fsp3) is 0.0233. The van der Waals surface area contributed by atoms with Crippen molar-refractivity contribution in [2.45, 2.75) is 6.18 Å². The molecule has 0 N–H and O–H groups in total. The summed E-state index contributed by atoms with van der Waals surface area (Å²) in [6.45, 7) is 0. The summed E-state index contributed by atoms with van der Waals surface area (Å²) in [4.78, 5) is 0. The van der Waals surface area contributed by atoms with Gasteiger partial charge in [-0.25, -0.2) is 13.2 Å². The molecule has 9 aromatic carbocycles. The van der Waals surface area contributed by atoms with Crippen LogP contribution in [0.25, 0.3) is 87.2 Å². The van der Waals surface area contributed by atoms with Crippen LogP contribution < -0.4 is 0 Å². The predicted octanol–water partition coefficient (Wildman–Crippen LogP) is 13.3. The lowest BCUT2D eigenvalue weighted by atomic mass is 9.82. The third kappa shape index (κ3) is 4.47. The van der Waals surface area contributed by atoms with Gasteiger partial charge in [-0.2, -0.15) is 13.2 Å². The van der Waals surface area contributed by atoms with Crippen LogP contribution in [0, 0.1) is 17.5 Å². The Balaban J connectivity index is 1.38. The summed E-state index contributed by atoms with van der Waals surface area (Å²) in [5, 5.41) is 7.33. The lowest BCUT2D eigenvalue weighted by Crippen LogP contribution is -2.04. The fourth-order valence-electron chi connectivity index (χ4n) is 7.52. The van der Waals surface area contributed by atoms with Crippen LogP contribution in [0.4, 0.5) is 26.3 Å². The molecule has 9 rings (SSSR count). The third-order valence-corrected chi connectivity index (χ3v) is 9.64. The topological polar surface area (TPSA) is 0 Å². The van der Waals surface area contributed by atoms with Gasteiger partial charge in [-0.1, -0.05) is 91.0 Å². The van der Waals surface area contributed by atoms with E-state index in [0.29, 0.717) is 32.7 Å². The number of benzene rings is 9. The van der Waals surface area contributed by atoms with Crippen LogP contribution in [0.5, 0.6) is 0 Å². The maximum absolute atomic E-state index is 16.1. The molecule has 0 bridgehead atoms. The van der Waals surface area contributed by atoms with E-state index in [1.807, 2.05) is 54.6 Å². The van der Waals surface area contributed by atoms with Gasteiger partial charge in [0.15, 0.2) is 0 Å². The Morgan fingerprint density at radius 2 is 0.980 bits per heavy atom. The monoisotopic (exact) mass is 652 g/mol. The highest BCUT2D eigenvalue weighted by Gasteiger charge is 2.30. The third-order valence-electron chi connectivity index (χ3n) is 9.64. The second kappa shape index (κ2) is 10.6. The highest BCUT2D eigenvalue weighted by Crippen LogP contribution is 2.48. The molecule has 0 amide bonds. The molecule has 6 heteroatoms. The largest absolute Gasteiger partial charge is 0.416 e. The molecule has 0 fully saturated rings. The van der Waals surface area contributed by atoms with Crippen LogP contribution in [0.2, 0.25) is 0 Å². The Morgan fingerprint density at radius 3 is 1.71 bits per heavy atom. The number of rotatable bonds is 3. The summed E-state index contributed by atoms with van der Waals surface area (Å²) in [5.74, 6) is -1.23. The second-order valence-electron chi connectivity index (χ2n) is 12.3. The Hall–Kier alpha value is -5.88. The van der Waals surface area contributed by atoms with E-state index in [0.717, 1.165) is 66.7 Å². The van der Waals surface area contributed by atoms with Gasteiger partial charge in [0.2, 0.25) is 0 Å². The van der Waals surface area contributed by atoms with Crippen molar-refractivity contribution >= 4 is 53.9 Å². The molecular formula is C43H22F6. The van der Waals surface area contributed by atoms with E-state index < -0.39 is 23.4 Å². The van der Waals surface area contributed by atoms with Gasteiger partial charge in [-0.3, -0.25) is 0 Å². The van der Waals surface area contributed by atoms with Crippen molar-refractivity contribution in [1.82, 2.24) is 0 Å². The van der Waals surface area contributed by atoms with Gasteiger partial charge in [0.1, 0.15) is 17.5 Å². The molecule has 0 atom stereocenters. The van der Waals surface area contributed by atoms with Crippen LogP contribution >= 0.6 is 0 Å². The van der Waals surface area contributed by atoms with Crippen molar-refractivity contribution in [2.75, 3.05) is 0 Å². The molecule has 9 aromatic rings. The first kappa shape index (κ1) is 29.3. The molecule has 0 nitrogen and oxygen atoms in total. The molecule has 236 valence electrons. The summed E-state index contributed by atoms with van der Waals surface area (Å²) < 4.78 is 85.1. The first-order valence-electron chi connectivity index (χ1n) is 15.7. The number of hydrogen-bond acceptors (Lipinski definition) is 0. The van der Waals surface area contributed by atoms with Crippen molar-refractivity contribution in [2.24, 2.45) is 0 Å². The van der Waals surface area contributed by atoms with E-state index in [2.05, 4.69) is 0 Å². The highest BCUT2D eigenvalue weighted by molar-refractivity contribution is 6.30. The summed E-state index contributed by atoms with van der Waals surface area (Å²) in [6, 6.07) is 36.3. The SMILES string of the molecule is Fc1ccc(-c2c3ccccc3c(-c3ccc4c(F)cc5c(-c6ccc(C(F)(F)F)cc6)ccc6ccc3c4c65)c3ccc(F)cc23)cc1. The van der Waals surface area contributed by atoms with Crippen molar-refractivity contribution in [3.8, 4) is 33.4 Å². The molecule has 0 unspecified atom stereocenters. The van der Waals surface area contributed by atoms with Gasteiger partial charge in [-0.05, 0) is 119 Å². The molecule has 0 spiro atoms. The van der Waals surface area contributed by atoms with Gasteiger partial charge in [0.25, 0.3) is 0 Å². The van der Waals surface area contributed by atoms with E-state index in [1.165, 1.54) is 42.5 Å². The van der Waals surface area contributed by atoms with Crippen LogP contribution in [0.15, 0.2) is 133 Å². The number of hydrogen-bond donors (Lipinski definition) is 0. The molecule has 49 heavy (non-hydrogen) atoms. The lowest BCUT2D eigenvalue weighted by Gasteiger charge is -2.21. The van der Waals surface area contributed by atoms with Crippen LogP contribution in [-0.2, 0) is 6.18 Å². The Bertz CT molecular complexity index is 2760. The van der Waals surface area contributed by atoms with E-state index in [1.54, 1.807) is 24.3 Å². The zero-order valence-electron chi connectivity index (χ0n) is 25.5. The first-order chi connectivity index (χ1) is 23.7. The molecule has 0 saturated carbocycles. The molecule has 0 saturated heterocycles. The minimum Gasteiger partial charge on any atom is -0.207 e. The van der Waals surface area contributed by atoms with Crippen LogP contribution in [-0.4, -0.2) is 0 Å². The molecule has 0 heterocycles. The molecular weight excluding hydrogens is 630 g/mol. The predicted molar refractivity (Wildman–Crippen MR) is 186 cm³/mol. The minimum absolute atomic E-state index is 0.373. The van der Waals surface area contributed by atoms with E-state index in [9.17, 15) is 17.6 Å². The maximum Gasteiger partial charge on any atom is 0.416 e. The molecule has 0 aliphatic rings. The van der Waals surface area contributed by atoms with Crippen LogP contribution in [0.1, 0.15) is 5.56 Å². The van der Waals surface area contributed by atoms with Gasteiger partial charge < -0.3 is 0 Å². The molecule has 0 aliphatic heterocycles. The zero-order chi connectivity index (χ0) is 33.6. The second-order valence-corrected chi connectivity index (χ2v) is 12.3. The Morgan fingerprint density at radius 1 is 0.388 bits per heavy atom. The summed E-state index contributed by atoms with van der Waals surface area (Å²) >= 11 is 0. The average Bonchev–Trinajstić information content (AvgIpc) is 3.10. The average molecular weight is 653 g/mol. The van der Waals surface area contributed by atoms with Crippen molar-refractivity contribution < 1.29 is 26.3 Å². The molecule has 0 aliphatic carbocycles.